The standard InChI is InChI=1S/C29H38N6O/c1-8-29(6,7)35-27(31-32-33-35)26(19(2)3)34(17-22-12-10-9-11-13-22)18-24-16-23-15-20(4)14-21(5)25(23)30-28(24)36/h9-16,19,26H,8,17-18H2,1-7H3,(H,30,36). The lowest BCUT2D eigenvalue weighted by molar-refractivity contribution is 0.118. The molecule has 4 aromatic rings. The van der Waals surface area contributed by atoms with Gasteiger partial charge in [-0.15, -0.1) is 5.10 Å². The topological polar surface area (TPSA) is 79.7 Å². The highest BCUT2D eigenvalue weighted by Crippen LogP contribution is 2.33. The van der Waals surface area contributed by atoms with E-state index in [-0.39, 0.29) is 23.1 Å². The van der Waals surface area contributed by atoms with Crippen LogP contribution in [0, 0.1) is 19.8 Å². The van der Waals surface area contributed by atoms with Gasteiger partial charge in [0.15, 0.2) is 5.82 Å². The van der Waals surface area contributed by atoms with Gasteiger partial charge in [-0.25, -0.2) is 4.68 Å². The van der Waals surface area contributed by atoms with Gasteiger partial charge < -0.3 is 4.98 Å². The molecule has 0 radical (unpaired) electrons. The number of H-pyrrole nitrogens is 1. The van der Waals surface area contributed by atoms with Crippen molar-refractivity contribution in [3.05, 3.63) is 87.0 Å². The van der Waals surface area contributed by atoms with Crippen LogP contribution in [0.2, 0.25) is 0 Å². The normalized spacial score (nSPS) is 13.1. The Morgan fingerprint density at radius 2 is 1.78 bits per heavy atom. The van der Waals surface area contributed by atoms with Crippen LogP contribution in [-0.2, 0) is 18.6 Å². The minimum atomic E-state index is -0.222. The molecule has 0 bridgehead atoms. The van der Waals surface area contributed by atoms with E-state index in [2.05, 4.69) is 103 Å². The Balaban J connectivity index is 1.83. The molecule has 7 nitrogen and oxygen atoms in total. The molecule has 0 aliphatic carbocycles. The Labute approximate surface area is 213 Å². The molecule has 4 rings (SSSR count). The van der Waals surface area contributed by atoms with Crippen LogP contribution in [0.15, 0.2) is 53.3 Å². The molecule has 36 heavy (non-hydrogen) atoms. The second-order valence-electron chi connectivity index (χ2n) is 10.9. The van der Waals surface area contributed by atoms with E-state index in [1.54, 1.807) is 0 Å². The van der Waals surface area contributed by atoms with Crippen molar-refractivity contribution in [2.75, 3.05) is 0 Å². The van der Waals surface area contributed by atoms with Gasteiger partial charge >= 0.3 is 0 Å². The lowest BCUT2D eigenvalue weighted by Crippen LogP contribution is -2.38. The quantitative estimate of drug-likeness (QED) is 0.329. The Morgan fingerprint density at radius 3 is 2.44 bits per heavy atom. The molecule has 0 fully saturated rings. The van der Waals surface area contributed by atoms with Gasteiger partial charge in [0, 0.05) is 18.7 Å². The molecule has 7 heteroatoms. The average Bonchev–Trinajstić information content (AvgIpc) is 3.31. The van der Waals surface area contributed by atoms with Gasteiger partial charge in [0.25, 0.3) is 5.56 Å². The third kappa shape index (κ3) is 5.26. The smallest absolute Gasteiger partial charge is 0.252 e. The molecule has 0 amide bonds. The number of benzene rings is 2. The van der Waals surface area contributed by atoms with E-state index in [1.807, 2.05) is 23.7 Å². The summed E-state index contributed by atoms with van der Waals surface area (Å²) in [7, 11) is 0. The molecule has 2 heterocycles. The van der Waals surface area contributed by atoms with E-state index in [4.69, 9.17) is 0 Å². The SMILES string of the molecule is CCC(C)(C)n1nnnc1C(C(C)C)N(Cc1ccccc1)Cc1cc2cc(C)cc(C)c2[nH]c1=O. The zero-order chi connectivity index (χ0) is 26.0. The van der Waals surface area contributed by atoms with Gasteiger partial charge in [0.05, 0.1) is 17.1 Å². The fraction of sp³-hybridized carbons (Fsp3) is 0.448. The number of pyridine rings is 1. The minimum absolute atomic E-state index is 0.0523. The van der Waals surface area contributed by atoms with Gasteiger partial charge in [-0.05, 0) is 79.1 Å². The highest BCUT2D eigenvalue weighted by atomic mass is 16.1. The molecule has 0 aliphatic heterocycles. The molecule has 1 unspecified atom stereocenters. The van der Waals surface area contributed by atoms with E-state index in [1.165, 1.54) is 11.1 Å². The highest BCUT2D eigenvalue weighted by molar-refractivity contribution is 5.82. The lowest BCUT2D eigenvalue weighted by atomic mass is 9.96. The fourth-order valence-corrected chi connectivity index (χ4v) is 4.98. The summed E-state index contributed by atoms with van der Waals surface area (Å²) in [5.74, 6) is 1.05. The van der Waals surface area contributed by atoms with Gasteiger partial charge in [-0.1, -0.05) is 62.7 Å². The van der Waals surface area contributed by atoms with Crippen LogP contribution in [0.4, 0.5) is 0 Å². The minimum Gasteiger partial charge on any atom is -0.321 e. The van der Waals surface area contributed by atoms with Crippen molar-refractivity contribution in [2.24, 2.45) is 5.92 Å². The van der Waals surface area contributed by atoms with E-state index in [9.17, 15) is 4.79 Å². The van der Waals surface area contributed by atoms with Crippen LogP contribution in [-0.4, -0.2) is 30.1 Å². The van der Waals surface area contributed by atoms with E-state index < -0.39 is 0 Å². The molecular weight excluding hydrogens is 448 g/mol. The first-order valence-electron chi connectivity index (χ1n) is 12.8. The summed E-state index contributed by atoms with van der Waals surface area (Å²) >= 11 is 0. The van der Waals surface area contributed by atoms with E-state index in [0.29, 0.717) is 13.1 Å². The van der Waals surface area contributed by atoms with Crippen LogP contribution in [0.1, 0.15) is 75.2 Å². The van der Waals surface area contributed by atoms with E-state index in [0.717, 1.165) is 34.3 Å². The number of nitrogens with one attached hydrogen (secondary N) is 1. The van der Waals surface area contributed by atoms with Crippen molar-refractivity contribution in [3.8, 4) is 0 Å². The summed E-state index contributed by atoms with van der Waals surface area (Å²) in [6.45, 7) is 16.1. The summed E-state index contributed by atoms with van der Waals surface area (Å²) in [5.41, 5.74) is 4.81. The number of nitrogens with zero attached hydrogens (tertiary/aromatic N) is 5. The number of tetrazole rings is 1. The Bertz CT molecular complexity index is 1390. The van der Waals surface area contributed by atoms with E-state index >= 15 is 0 Å². The molecule has 0 saturated carbocycles. The summed E-state index contributed by atoms with van der Waals surface area (Å²) in [4.78, 5) is 18.8. The summed E-state index contributed by atoms with van der Waals surface area (Å²) in [6, 6.07) is 16.6. The molecule has 1 N–H and O–H groups in total. The average molecular weight is 487 g/mol. The molecule has 1 atom stereocenters. The van der Waals surface area contributed by atoms with Crippen LogP contribution in [0.5, 0.6) is 0 Å². The molecule has 190 valence electrons. The number of rotatable bonds is 9. The zero-order valence-corrected chi connectivity index (χ0v) is 22.5. The third-order valence-corrected chi connectivity index (χ3v) is 7.19. The van der Waals surface area contributed by atoms with Crippen LogP contribution < -0.4 is 5.56 Å². The van der Waals surface area contributed by atoms with Crippen molar-refractivity contribution in [2.45, 2.75) is 79.6 Å². The lowest BCUT2D eigenvalue weighted by Gasteiger charge is -2.35. The summed E-state index contributed by atoms with van der Waals surface area (Å²) < 4.78 is 1.97. The fourth-order valence-electron chi connectivity index (χ4n) is 4.98. The second kappa shape index (κ2) is 10.3. The van der Waals surface area contributed by atoms with Crippen LogP contribution >= 0.6 is 0 Å². The second-order valence-corrected chi connectivity index (χ2v) is 10.9. The van der Waals surface area contributed by atoms with Gasteiger partial charge in [-0.2, -0.15) is 0 Å². The van der Waals surface area contributed by atoms with Crippen molar-refractivity contribution in [3.63, 3.8) is 0 Å². The van der Waals surface area contributed by atoms with Crippen LogP contribution in [0.3, 0.4) is 0 Å². The molecule has 0 saturated heterocycles. The van der Waals surface area contributed by atoms with Gasteiger partial charge in [-0.3, -0.25) is 9.69 Å². The number of hydrogen-bond donors (Lipinski definition) is 1. The predicted molar refractivity (Wildman–Crippen MR) is 145 cm³/mol. The summed E-state index contributed by atoms with van der Waals surface area (Å²) in [5, 5.41) is 14.1. The maximum absolute atomic E-state index is 13.3. The highest BCUT2D eigenvalue weighted by Gasteiger charge is 2.33. The van der Waals surface area contributed by atoms with Gasteiger partial charge in [0.2, 0.25) is 0 Å². The van der Waals surface area contributed by atoms with Crippen molar-refractivity contribution in [1.82, 2.24) is 30.1 Å². The maximum atomic E-state index is 13.3. The third-order valence-electron chi connectivity index (χ3n) is 7.19. The number of fused-ring (bicyclic) bond motifs is 1. The first-order valence-corrected chi connectivity index (χ1v) is 12.8. The maximum Gasteiger partial charge on any atom is 0.252 e. The number of aromatic nitrogens is 5. The van der Waals surface area contributed by atoms with Crippen molar-refractivity contribution >= 4 is 10.9 Å². The van der Waals surface area contributed by atoms with Crippen LogP contribution in [0.25, 0.3) is 10.9 Å². The largest absolute Gasteiger partial charge is 0.321 e. The predicted octanol–water partition coefficient (Wildman–Crippen LogP) is 5.68. The first-order chi connectivity index (χ1) is 17.1. The Kier molecular flexibility index (Phi) is 7.41. The Hall–Kier alpha value is -3.32. The van der Waals surface area contributed by atoms with Crippen molar-refractivity contribution in [1.29, 1.82) is 0 Å². The molecule has 0 spiro atoms. The number of hydrogen-bond acceptors (Lipinski definition) is 5. The molecular formula is C29H38N6O. The molecule has 2 aromatic carbocycles. The Morgan fingerprint density at radius 1 is 1.06 bits per heavy atom. The van der Waals surface area contributed by atoms with Gasteiger partial charge in [0.1, 0.15) is 0 Å². The zero-order valence-electron chi connectivity index (χ0n) is 22.5. The summed E-state index contributed by atoms with van der Waals surface area (Å²) in [6.07, 6.45) is 0.900. The van der Waals surface area contributed by atoms with Crippen molar-refractivity contribution < 1.29 is 0 Å². The monoisotopic (exact) mass is 486 g/mol. The molecule has 0 aliphatic rings. The first kappa shape index (κ1) is 25.8. The molecule has 2 aromatic heterocycles. The number of aryl methyl sites for hydroxylation is 2. The number of aromatic amines is 1.